The molecule has 43 heavy (non-hydrogen) atoms. The van der Waals surface area contributed by atoms with E-state index in [4.69, 9.17) is 4.99 Å². The van der Waals surface area contributed by atoms with Crippen molar-refractivity contribution in [2.45, 2.75) is 72.6 Å². The Morgan fingerprint density at radius 2 is 2.00 bits per heavy atom. The van der Waals surface area contributed by atoms with Gasteiger partial charge in [-0.1, -0.05) is 75.4 Å². The van der Waals surface area contributed by atoms with Gasteiger partial charge in [0.2, 0.25) is 5.69 Å². The van der Waals surface area contributed by atoms with Crippen molar-refractivity contribution >= 4 is 17.1 Å². The third-order valence-electron chi connectivity index (χ3n) is 9.87. The molecule has 3 atom stereocenters. The van der Waals surface area contributed by atoms with Gasteiger partial charge in [0.15, 0.2) is 6.20 Å². The lowest BCUT2D eigenvalue weighted by molar-refractivity contribution is -0.660. The number of nitrogens with zero attached hydrogens (tertiary/aromatic N) is 3. The van der Waals surface area contributed by atoms with E-state index in [2.05, 4.69) is 120 Å². The summed E-state index contributed by atoms with van der Waals surface area (Å²) < 4.78 is 17.5. The van der Waals surface area contributed by atoms with Crippen LogP contribution in [0.5, 0.6) is 0 Å². The molecule has 0 N–H and O–H groups in total. The van der Waals surface area contributed by atoms with Gasteiger partial charge in [0.1, 0.15) is 18.6 Å². The summed E-state index contributed by atoms with van der Waals surface area (Å²) in [4.78, 5) is 7.13. The molecule has 1 aromatic carbocycles. The van der Waals surface area contributed by atoms with Crippen LogP contribution in [0.25, 0.3) is 17.0 Å². The molecule has 3 aliphatic rings. The number of hydrogen-bond donors (Lipinski definition) is 0. The van der Waals surface area contributed by atoms with E-state index in [1.165, 1.54) is 44.9 Å². The molecule has 3 nitrogen and oxygen atoms in total. The molecule has 1 aromatic heterocycles. The summed E-state index contributed by atoms with van der Waals surface area (Å²) in [6.45, 7) is 15.4. The molecule has 3 heterocycles. The Morgan fingerprint density at radius 1 is 1.21 bits per heavy atom. The van der Waals surface area contributed by atoms with Gasteiger partial charge < -0.3 is 4.90 Å². The molecule has 0 radical (unpaired) electrons. The fourth-order valence-corrected chi connectivity index (χ4v) is 7.54. The lowest BCUT2D eigenvalue weighted by atomic mass is 9.58. The zero-order chi connectivity index (χ0) is 30.9. The third-order valence-corrected chi connectivity index (χ3v) is 9.87. The van der Waals surface area contributed by atoms with Crippen LogP contribution in [0.2, 0.25) is 0 Å². The fourth-order valence-electron chi connectivity index (χ4n) is 7.54. The first-order chi connectivity index (χ1) is 20.6. The van der Waals surface area contributed by atoms with Gasteiger partial charge in [0.25, 0.3) is 0 Å². The van der Waals surface area contributed by atoms with E-state index in [1.807, 2.05) is 12.3 Å². The number of anilines is 1. The molecule has 0 spiro atoms. The van der Waals surface area contributed by atoms with Crippen molar-refractivity contribution in [3.63, 3.8) is 0 Å². The molecule has 2 aliphatic heterocycles. The van der Waals surface area contributed by atoms with E-state index in [-0.39, 0.29) is 23.1 Å². The van der Waals surface area contributed by atoms with Gasteiger partial charge in [-0.25, -0.2) is 4.39 Å². The molecular weight excluding hydrogens is 529 g/mol. The second-order valence-corrected chi connectivity index (χ2v) is 12.6. The van der Waals surface area contributed by atoms with E-state index in [0.29, 0.717) is 6.42 Å². The largest absolute Gasteiger partial charge is 0.338 e. The highest BCUT2D eigenvalue weighted by Gasteiger charge is 2.45. The van der Waals surface area contributed by atoms with Crippen molar-refractivity contribution in [1.82, 2.24) is 0 Å². The minimum Gasteiger partial charge on any atom is -0.338 e. The molecule has 4 heteroatoms. The van der Waals surface area contributed by atoms with Crippen molar-refractivity contribution in [3.8, 4) is 11.3 Å². The minimum atomic E-state index is -0.356. The van der Waals surface area contributed by atoms with Crippen molar-refractivity contribution in [3.05, 3.63) is 113 Å². The molecular formula is C39H47FN3+. The quantitative estimate of drug-likeness (QED) is 0.226. The van der Waals surface area contributed by atoms with Crippen molar-refractivity contribution in [2.75, 3.05) is 11.9 Å². The normalized spacial score (nSPS) is 21.3. The maximum atomic E-state index is 15.3. The summed E-state index contributed by atoms with van der Waals surface area (Å²) in [5, 5.41) is 0. The van der Waals surface area contributed by atoms with Crippen LogP contribution in [-0.4, -0.2) is 12.8 Å². The molecule has 0 saturated carbocycles. The van der Waals surface area contributed by atoms with Crippen LogP contribution in [0.15, 0.2) is 107 Å². The average molecular weight is 577 g/mol. The van der Waals surface area contributed by atoms with Crippen LogP contribution in [-0.2, 0) is 7.05 Å². The predicted octanol–water partition coefficient (Wildman–Crippen LogP) is 9.95. The summed E-state index contributed by atoms with van der Waals surface area (Å²) in [6, 6.07) is 11.1. The molecule has 0 bridgehead atoms. The van der Waals surface area contributed by atoms with Crippen LogP contribution < -0.4 is 9.47 Å². The number of allylic oxidation sites excluding steroid dienone is 9. The summed E-state index contributed by atoms with van der Waals surface area (Å²) in [5.74, 6) is 0.0448. The Balaban J connectivity index is 1.79. The van der Waals surface area contributed by atoms with E-state index >= 15 is 4.39 Å². The third kappa shape index (κ3) is 5.41. The number of aryl methyl sites for hydroxylation is 1. The lowest BCUT2D eigenvalue weighted by Gasteiger charge is -2.45. The SMILES string of the molecule is C=C(C)/C(C)=C1/c2cccc(C(CC)C(C)(C=CCC)C3CC(F)=CC=C3C3=NC=CCC3)c2-c2c(ccc[n+]2C)N1C. The fraction of sp³-hybridized carbons (Fsp3) is 0.385. The number of benzene rings is 1. The molecule has 2 aromatic rings. The Bertz CT molecular complexity index is 1610. The van der Waals surface area contributed by atoms with E-state index in [1.54, 1.807) is 6.08 Å². The highest BCUT2D eigenvalue weighted by atomic mass is 19.1. The number of fused-ring (bicyclic) bond motifs is 3. The van der Waals surface area contributed by atoms with Gasteiger partial charge >= 0.3 is 0 Å². The highest BCUT2D eigenvalue weighted by Crippen LogP contribution is 2.55. The number of aromatic nitrogens is 1. The van der Waals surface area contributed by atoms with Gasteiger partial charge in [0.05, 0.1) is 11.3 Å². The van der Waals surface area contributed by atoms with Gasteiger partial charge in [0, 0.05) is 42.9 Å². The summed E-state index contributed by atoms with van der Waals surface area (Å²) in [5.41, 5.74) is 11.6. The zero-order valence-electron chi connectivity index (χ0n) is 27.0. The molecule has 5 rings (SSSR count). The second kappa shape index (κ2) is 12.4. The van der Waals surface area contributed by atoms with Crippen LogP contribution >= 0.6 is 0 Å². The number of aliphatic imine (C=N–C) groups is 1. The Kier molecular flexibility index (Phi) is 8.87. The lowest BCUT2D eigenvalue weighted by Crippen LogP contribution is -2.39. The molecule has 224 valence electrons. The first kappa shape index (κ1) is 30.7. The van der Waals surface area contributed by atoms with E-state index in [9.17, 15) is 0 Å². The van der Waals surface area contributed by atoms with Crippen LogP contribution in [0.3, 0.4) is 0 Å². The Hall–Kier alpha value is -3.79. The van der Waals surface area contributed by atoms with Crippen molar-refractivity contribution < 1.29 is 8.96 Å². The molecule has 1 aliphatic carbocycles. The predicted molar refractivity (Wildman–Crippen MR) is 181 cm³/mol. The first-order valence-corrected chi connectivity index (χ1v) is 15.8. The van der Waals surface area contributed by atoms with Crippen molar-refractivity contribution in [1.29, 1.82) is 0 Å². The number of rotatable bonds is 8. The van der Waals surface area contributed by atoms with Crippen molar-refractivity contribution in [2.24, 2.45) is 23.4 Å². The van der Waals surface area contributed by atoms with Gasteiger partial charge in [-0.3, -0.25) is 4.99 Å². The highest BCUT2D eigenvalue weighted by molar-refractivity contribution is 6.02. The topological polar surface area (TPSA) is 19.5 Å². The molecule has 0 saturated heterocycles. The Morgan fingerprint density at radius 3 is 2.67 bits per heavy atom. The number of hydrogen-bond acceptors (Lipinski definition) is 2. The van der Waals surface area contributed by atoms with E-state index in [0.717, 1.165) is 37.0 Å². The van der Waals surface area contributed by atoms with Gasteiger partial charge in [-0.05, 0) is 79.7 Å². The maximum Gasteiger partial charge on any atom is 0.237 e. The summed E-state index contributed by atoms with van der Waals surface area (Å²) in [6.07, 6.45) is 18.6. The zero-order valence-corrected chi connectivity index (χ0v) is 27.0. The monoisotopic (exact) mass is 576 g/mol. The van der Waals surface area contributed by atoms with Gasteiger partial charge in [-0.15, -0.1) is 0 Å². The minimum absolute atomic E-state index is 0.0335. The Labute approximate surface area is 258 Å². The van der Waals surface area contributed by atoms with Crippen LogP contribution in [0.1, 0.15) is 83.8 Å². The standard InChI is InChI=1S/C39H47FN3/c1-9-11-22-39(6,33-25-28(40)20-21-29(33)34-18-12-13-23-41-34)32(10-2)30-16-14-17-31-36(30)38-35(19-15-24-42(38)7)43(8)37(31)27(5)26(3)4/h11,13-17,19-24,32-33H,3,9-10,12,18,25H2,1-2,4-8H3/q+1/b22-11?,37-27-. The maximum absolute atomic E-state index is 15.3. The first-order valence-electron chi connectivity index (χ1n) is 15.8. The molecule has 0 amide bonds. The molecule has 0 fully saturated rings. The smallest absolute Gasteiger partial charge is 0.237 e. The van der Waals surface area contributed by atoms with Gasteiger partial charge in [-0.2, -0.15) is 4.57 Å². The number of pyridine rings is 1. The summed E-state index contributed by atoms with van der Waals surface area (Å²) >= 11 is 0. The molecule has 3 unspecified atom stereocenters. The summed E-state index contributed by atoms with van der Waals surface area (Å²) in [7, 11) is 4.30. The van der Waals surface area contributed by atoms with E-state index < -0.39 is 0 Å². The average Bonchev–Trinajstić information content (AvgIpc) is 3.01. The van der Waals surface area contributed by atoms with Crippen LogP contribution in [0.4, 0.5) is 10.1 Å². The second-order valence-electron chi connectivity index (χ2n) is 12.6. The number of halogens is 1. The van der Waals surface area contributed by atoms with Crippen LogP contribution in [0, 0.1) is 11.3 Å².